The number of allylic oxidation sites excluding steroid dienone is 1. The first-order chi connectivity index (χ1) is 12.3. The Labute approximate surface area is 167 Å². The fraction of sp³-hybridized carbons (Fsp3) is 0.235. The number of benzene rings is 1. The average molecular weight is 488 g/mol. The number of anilines is 1. The molecule has 1 N–H and O–H groups in total. The van der Waals surface area contributed by atoms with E-state index in [2.05, 4.69) is 26.5 Å². The highest BCUT2D eigenvalue weighted by Gasteiger charge is 2.21. The number of carbonyl (C=O) groups is 2. The molecule has 0 aliphatic rings. The van der Waals surface area contributed by atoms with E-state index in [-0.39, 0.29) is 11.4 Å². The second-order valence-corrected chi connectivity index (χ2v) is 6.90. The molecular formula is C17H18FIN4O2S. The molecule has 138 valence electrons. The maximum Gasteiger partial charge on any atom is 0.222 e. The molecule has 9 heteroatoms. The van der Waals surface area contributed by atoms with Gasteiger partial charge in [-0.1, -0.05) is 0 Å². The third-order valence-corrected chi connectivity index (χ3v) is 4.88. The molecule has 2 rings (SSSR count). The summed E-state index contributed by atoms with van der Waals surface area (Å²) in [5, 5.41) is 12.6. The van der Waals surface area contributed by atoms with Crippen molar-refractivity contribution in [1.29, 1.82) is 5.26 Å². The maximum absolute atomic E-state index is 13.9. The molecular weight excluding hydrogens is 470 g/mol. The second-order valence-electron chi connectivity index (χ2n) is 5.22. The van der Waals surface area contributed by atoms with Crippen LogP contribution in [0, 0.1) is 17.1 Å². The molecule has 0 saturated carbocycles. The van der Waals surface area contributed by atoms with Crippen LogP contribution in [0.5, 0.6) is 0 Å². The molecule has 2 aromatic rings. The van der Waals surface area contributed by atoms with Crippen LogP contribution in [0.25, 0.3) is 10.9 Å². The minimum Gasteiger partial charge on any atom is -0.386 e. The minimum atomic E-state index is -0.395. The summed E-state index contributed by atoms with van der Waals surface area (Å²) in [6.07, 6.45) is 2.22. The van der Waals surface area contributed by atoms with Crippen LogP contribution < -0.4 is 5.32 Å². The average Bonchev–Trinajstić information content (AvgIpc) is 2.95. The molecule has 0 atom stereocenters. The molecule has 26 heavy (non-hydrogen) atoms. The molecule has 1 aromatic carbocycles. The Balaban J connectivity index is 0.00000105. The summed E-state index contributed by atoms with van der Waals surface area (Å²) < 4.78 is 15.6. The van der Waals surface area contributed by atoms with Crippen molar-refractivity contribution in [3.8, 4) is 6.07 Å². The van der Waals surface area contributed by atoms with Gasteiger partial charge in [0, 0.05) is 63.1 Å². The van der Waals surface area contributed by atoms with Crippen LogP contribution in [0.2, 0.25) is 0 Å². The van der Waals surface area contributed by atoms with E-state index in [1.54, 1.807) is 42.1 Å². The van der Waals surface area contributed by atoms with Crippen molar-refractivity contribution in [2.24, 2.45) is 0 Å². The van der Waals surface area contributed by atoms with E-state index >= 15 is 0 Å². The quantitative estimate of drug-likeness (QED) is 0.225. The first-order valence-electron chi connectivity index (χ1n) is 7.39. The SMILES string of the molecule is CC=O.CNc1cc2c(cc1F)cc(C(=O)/C(C#N)=C/N(C)C)n2SI. The Hall–Kier alpha value is -2.06. The fourth-order valence-electron chi connectivity index (χ4n) is 2.16. The van der Waals surface area contributed by atoms with Crippen molar-refractivity contribution in [3.63, 3.8) is 0 Å². The van der Waals surface area contributed by atoms with Crippen LogP contribution in [-0.2, 0) is 4.79 Å². The zero-order chi connectivity index (χ0) is 19.9. The van der Waals surface area contributed by atoms with E-state index in [0.29, 0.717) is 22.3 Å². The van der Waals surface area contributed by atoms with Crippen LogP contribution in [0.4, 0.5) is 10.1 Å². The number of aromatic nitrogens is 1. The van der Waals surface area contributed by atoms with Gasteiger partial charge in [0.2, 0.25) is 5.78 Å². The Morgan fingerprint density at radius 3 is 2.50 bits per heavy atom. The highest BCUT2D eigenvalue weighted by atomic mass is 127. The minimum absolute atomic E-state index is 0.0267. The molecule has 6 nitrogen and oxygen atoms in total. The number of hydrogen-bond donors (Lipinski definition) is 1. The normalized spacial score (nSPS) is 10.6. The number of nitriles is 1. The largest absolute Gasteiger partial charge is 0.386 e. The molecule has 1 aromatic heterocycles. The molecule has 0 bridgehead atoms. The molecule has 0 fully saturated rings. The number of fused-ring (bicyclic) bond motifs is 1. The van der Waals surface area contributed by atoms with Crippen LogP contribution in [0.15, 0.2) is 30.0 Å². The number of ketones is 1. The van der Waals surface area contributed by atoms with Crippen LogP contribution in [0.1, 0.15) is 17.4 Å². The molecule has 1 heterocycles. The lowest BCUT2D eigenvalue weighted by Crippen LogP contribution is -2.11. The third kappa shape index (κ3) is 4.98. The van der Waals surface area contributed by atoms with E-state index in [4.69, 9.17) is 4.79 Å². The predicted molar refractivity (Wildman–Crippen MR) is 112 cm³/mol. The summed E-state index contributed by atoms with van der Waals surface area (Å²) >= 11 is 2.05. The molecule has 0 radical (unpaired) electrons. The first-order valence-corrected chi connectivity index (χ1v) is 10.7. The summed E-state index contributed by atoms with van der Waals surface area (Å²) in [5.41, 5.74) is 1.42. The standard InChI is InChI=1S/C15H14FIN4OS.C2H4O/c1-19-12-6-13-9(4-11(12)16)5-14(21(13)23-17)15(22)10(7-18)8-20(2)3;1-2-3/h4-6,8,19H,1-3H3;2H,1H3/b10-8+;. The van der Waals surface area contributed by atoms with Gasteiger partial charge in [-0.15, -0.1) is 0 Å². The van der Waals surface area contributed by atoms with Gasteiger partial charge in [-0.05, 0) is 25.1 Å². The van der Waals surface area contributed by atoms with Gasteiger partial charge in [-0.25, -0.2) is 4.39 Å². The smallest absolute Gasteiger partial charge is 0.222 e. The number of aldehydes is 1. The summed E-state index contributed by atoms with van der Waals surface area (Å²) in [7, 11) is 6.41. The number of carbonyl (C=O) groups excluding carboxylic acids is 2. The second kappa shape index (κ2) is 10.2. The van der Waals surface area contributed by atoms with Crippen molar-refractivity contribution < 1.29 is 14.0 Å². The molecule has 0 spiro atoms. The topological polar surface area (TPSA) is 78.1 Å². The summed E-state index contributed by atoms with van der Waals surface area (Å²) in [5.74, 6) is -0.785. The van der Waals surface area contributed by atoms with Gasteiger partial charge in [0.1, 0.15) is 29.4 Å². The number of rotatable bonds is 5. The van der Waals surface area contributed by atoms with Gasteiger partial charge in [-0.2, -0.15) is 5.26 Å². The van der Waals surface area contributed by atoms with Crippen LogP contribution >= 0.6 is 30.3 Å². The molecule has 0 amide bonds. The monoisotopic (exact) mass is 488 g/mol. The highest BCUT2D eigenvalue weighted by Crippen LogP contribution is 2.32. The molecule has 0 unspecified atom stereocenters. The van der Waals surface area contributed by atoms with Crippen LogP contribution in [0.3, 0.4) is 0 Å². The van der Waals surface area contributed by atoms with Gasteiger partial charge in [-0.3, -0.25) is 8.77 Å². The Bertz CT molecular complexity index is 887. The van der Waals surface area contributed by atoms with Gasteiger partial charge in [0.15, 0.2) is 0 Å². The Morgan fingerprint density at radius 1 is 1.42 bits per heavy atom. The fourth-order valence-corrected chi connectivity index (χ4v) is 3.88. The third-order valence-electron chi connectivity index (χ3n) is 3.17. The van der Waals surface area contributed by atoms with E-state index in [1.807, 2.05) is 6.07 Å². The van der Waals surface area contributed by atoms with Crippen LogP contribution in [-0.4, -0.2) is 42.1 Å². The molecule has 0 aliphatic heterocycles. The highest BCUT2D eigenvalue weighted by molar-refractivity contribution is 14.2. The molecule has 0 aliphatic carbocycles. The number of hydrogen-bond acceptors (Lipinski definition) is 6. The van der Waals surface area contributed by atoms with Gasteiger partial charge >= 0.3 is 0 Å². The maximum atomic E-state index is 13.9. The number of Topliss-reactive ketones (excluding diaryl/α,β-unsaturated/α-hetero) is 1. The number of halogens is 2. The van der Waals surface area contributed by atoms with Crippen molar-refractivity contribution in [1.82, 2.24) is 8.87 Å². The van der Waals surface area contributed by atoms with E-state index in [0.717, 1.165) is 6.29 Å². The van der Waals surface area contributed by atoms with E-state index in [1.165, 1.54) is 28.3 Å². The number of nitrogens with one attached hydrogen (secondary N) is 1. The zero-order valence-corrected chi connectivity index (χ0v) is 17.7. The zero-order valence-electron chi connectivity index (χ0n) is 14.7. The Kier molecular flexibility index (Phi) is 8.60. The predicted octanol–water partition coefficient (Wildman–Crippen LogP) is 4.03. The van der Waals surface area contributed by atoms with Crippen molar-refractivity contribution in [2.45, 2.75) is 6.92 Å². The number of nitrogens with zero attached hydrogens (tertiary/aromatic N) is 3. The van der Waals surface area contributed by atoms with Crippen molar-refractivity contribution in [3.05, 3.63) is 41.5 Å². The van der Waals surface area contributed by atoms with Crippen molar-refractivity contribution in [2.75, 3.05) is 26.5 Å². The summed E-state index contributed by atoms with van der Waals surface area (Å²) in [4.78, 5) is 23.1. The Morgan fingerprint density at radius 2 is 2.04 bits per heavy atom. The van der Waals surface area contributed by atoms with Gasteiger partial charge in [0.05, 0.1) is 11.2 Å². The lowest BCUT2D eigenvalue weighted by molar-refractivity contribution is -0.106. The molecule has 0 saturated heterocycles. The lowest BCUT2D eigenvalue weighted by Gasteiger charge is -2.08. The van der Waals surface area contributed by atoms with E-state index in [9.17, 15) is 14.4 Å². The van der Waals surface area contributed by atoms with Gasteiger partial charge < -0.3 is 15.0 Å². The van der Waals surface area contributed by atoms with E-state index < -0.39 is 5.78 Å². The van der Waals surface area contributed by atoms with Crippen molar-refractivity contribution >= 4 is 59.0 Å². The first kappa shape index (κ1) is 22.0. The summed E-state index contributed by atoms with van der Waals surface area (Å²) in [6.45, 7) is 1.44. The lowest BCUT2D eigenvalue weighted by atomic mass is 10.1. The van der Waals surface area contributed by atoms with Gasteiger partial charge in [0.25, 0.3) is 0 Å². The summed E-state index contributed by atoms with van der Waals surface area (Å²) in [6, 6.07) is 6.55.